The number of benzene rings is 1. The van der Waals surface area contributed by atoms with Crippen LogP contribution < -0.4 is 11.1 Å². The molecule has 3 nitrogen and oxygen atoms in total. The average Bonchev–Trinajstić information content (AvgIpc) is 2.22. The van der Waals surface area contributed by atoms with E-state index in [0.717, 1.165) is 18.6 Å². The van der Waals surface area contributed by atoms with Gasteiger partial charge in [0.05, 0.1) is 5.69 Å². The zero-order valence-electron chi connectivity index (χ0n) is 9.97. The standard InChI is InChI=1S/C12H15BrF2N2O/c1-7(16)3-2-4-11(18)17-12-9(13)5-8(14)6-10(12)15/h5-7H,2-4,16H2,1H3,(H,17,18). The zero-order valence-corrected chi connectivity index (χ0v) is 11.6. The molecule has 1 unspecified atom stereocenters. The molecule has 1 atom stereocenters. The number of halogens is 3. The van der Waals surface area contributed by atoms with Gasteiger partial charge in [-0.15, -0.1) is 0 Å². The number of anilines is 1. The summed E-state index contributed by atoms with van der Waals surface area (Å²) in [5, 5.41) is 2.41. The summed E-state index contributed by atoms with van der Waals surface area (Å²) >= 11 is 3.00. The number of amides is 1. The smallest absolute Gasteiger partial charge is 0.224 e. The van der Waals surface area contributed by atoms with Gasteiger partial charge in [0.15, 0.2) is 5.82 Å². The lowest BCUT2D eigenvalue weighted by Crippen LogP contribution is -2.17. The van der Waals surface area contributed by atoms with E-state index in [0.29, 0.717) is 6.42 Å². The highest BCUT2D eigenvalue weighted by molar-refractivity contribution is 9.10. The molecule has 0 aliphatic heterocycles. The molecule has 0 heterocycles. The monoisotopic (exact) mass is 320 g/mol. The highest BCUT2D eigenvalue weighted by atomic mass is 79.9. The number of nitrogens with two attached hydrogens (primary N) is 1. The number of nitrogens with one attached hydrogen (secondary N) is 1. The Balaban J connectivity index is 2.59. The maximum absolute atomic E-state index is 13.4. The molecule has 1 rings (SSSR count). The van der Waals surface area contributed by atoms with E-state index >= 15 is 0 Å². The topological polar surface area (TPSA) is 55.1 Å². The first-order valence-corrected chi connectivity index (χ1v) is 6.39. The molecule has 18 heavy (non-hydrogen) atoms. The highest BCUT2D eigenvalue weighted by Crippen LogP contribution is 2.27. The van der Waals surface area contributed by atoms with Crippen LogP contribution in [0.2, 0.25) is 0 Å². The van der Waals surface area contributed by atoms with E-state index in [4.69, 9.17) is 5.73 Å². The predicted molar refractivity (Wildman–Crippen MR) is 70.2 cm³/mol. The molecule has 1 aromatic rings. The third-order valence-corrected chi connectivity index (χ3v) is 2.96. The quantitative estimate of drug-likeness (QED) is 0.875. The Hall–Kier alpha value is -1.01. The fourth-order valence-corrected chi connectivity index (χ4v) is 1.96. The van der Waals surface area contributed by atoms with Gasteiger partial charge in [-0.2, -0.15) is 0 Å². The van der Waals surface area contributed by atoms with Crippen molar-refractivity contribution in [2.75, 3.05) is 5.32 Å². The van der Waals surface area contributed by atoms with Crippen LogP contribution in [-0.2, 0) is 4.79 Å². The molecule has 0 radical (unpaired) electrons. The molecule has 0 aliphatic carbocycles. The van der Waals surface area contributed by atoms with Crippen molar-refractivity contribution >= 4 is 27.5 Å². The molecule has 3 N–H and O–H groups in total. The summed E-state index contributed by atoms with van der Waals surface area (Å²) in [6, 6.07) is 1.86. The van der Waals surface area contributed by atoms with E-state index in [2.05, 4.69) is 21.2 Å². The second-order valence-electron chi connectivity index (χ2n) is 4.16. The van der Waals surface area contributed by atoms with Crippen molar-refractivity contribution in [1.29, 1.82) is 0 Å². The fourth-order valence-electron chi connectivity index (χ4n) is 1.45. The maximum atomic E-state index is 13.4. The molecule has 100 valence electrons. The minimum atomic E-state index is -0.803. The van der Waals surface area contributed by atoms with Gasteiger partial charge in [-0.3, -0.25) is 4.79 Å². The van der Waals surface area contributed by atoms with Crippen molar-refractivity contribution in [2.45, 2.75) is 32.2 Å². The average molecular weight is 321 g/mol. The lowest BCUT2D eigenvalue weighted by molar-refractivity contribution is -0.116. The van der Waals surface area contributed by atoms with Crippen molar-refractivity contribution in [3.63, 3.8) is 0 Å². The van der Waals surface area contributed by atoms with Crippen LogP contribution in [0.5, 0.6) is 0 Å². The molecule has 1 amide bonds. The SMILES string of the molecule is CC(N)CCCC(=O)Nc1c(F)cc(F)cc1Br. The Bertz CT molecular complexity index is 415. The third kappa shape index (κ3) is 4.70. The molecular weight excluding hydrogens is 306 g/mol. The van der Waals surface area contributed by atoms with Crippen LogP contribution in [0.4, 0.5) is 14.5 Å². The van der Waals surface area contributed by atoms with Gasteiger partial charge in [-0.05, 0) is 41.8 Å². The van der Waals surface area contributed by atoms with Gasteiger partial charge >= 0.3 is 0 Å². The molecule has 0 bridgehead atoms. The summed E-state index contributed by atoms with van der Waals surface area (Å²) in [4.78, 5) is 11.6. The number of carbonyl (C=O) groups is 1. The Morgan fingerprint density at radius 2 is 2.17 bits per heavy atom. The van der Waals surface area contributed by atoms with Crippen molar-refractivity contribution in [3.05, 3.63) is 28.2 Å². The Morgan fingerprint density at radius 3 is 2.72 bits per heavy atom. The van der Waals surface area contributed by atoms with Gasteiger partial charge in [0.1, 0.15) is 5.82 Å². The van der Waals surface area contributed by atoms with E-state index in [1.807, 2.05) is 6.92 Å². The van der Waals surface area contributed by atoms with Gasteiger partial charge < -0.3 is 11.1 Å². The van der Waals surface area contributed by atoms with Crippen LogP contribution in [0.25, 0.3) is 0 Å². The normalized spacial score (nSPS) is 12.3. The van der Waals surface area contributed by atoms with Crippen LogP contribution in [0.3, 0.4) is 0 Å². The number of rotatable bonds is 5. The van der Waals surface area contributed by atoms with Crippen LogP contribution in [0, 0.1) is 11.6 Å². The van der Waals surface area contributed by atoms with E-state index in [-0.39, 0.29) is 28.5 Å². The van der Waals surface area contributed by atoms with Gasteiger partial charge in [0, 0.05) is 23.0 Å². The number of hydrogen-bond donors (Lipinski definition) is 2. The highest BCUT2D eigenvalue weighted by Gasteiger charge is 2.12. The van der Waals surface area contributed by atoms with Gasteiger partial charge in [0.2, 0.25) is 5.91 Å². The van der Waals surface area contributed by atoms with Crippen LogP contribution >= 0.6 is 15.9 Å². The van der Waals surface area contributed by atoms with Crippen LogP contribution in [0.15, 0.2) is 16.6 Å². The van der Waals surface area contributed by atoms with E-state index in [9.17, 15) is 13.6 Å². The van der Waals surface area contributed by atoms with Crippen molar-refractivity contribution in [3.8, 4) is 0 Å². The van der Waals surface area contributed by atoms with Gasteiger partial charge in [-0.1, -0.05) is 0 Å². The zero-order chi connectivity index (χ0) is 13.7. The van der Waals surface area contributed by atoms with Crippen LogP contribution in [-0.4, -0.2) is 11.9 Å². The maximum Gasteiger partial charge on any atom is 0.224 e. The summed E-state index contributed by atoms with van der Waals surface area (Å²) in [5.41, 5.74) is 5.52. The number of hydrogen-bond acceptors (Lipinski definition) is 2. The molecule has 1 aromatic carbocycles. The molecule has 0 saturated heterocycles. The van der Waals surface area contributed by atoms with Crippen molar-refractivity contribution < 1.29 is 13.6 Å². The molecule has 0 aliphatic rings. The minimum Gasteiger partial charge on any atom is -0.328 e. The van der Waals surface area contributed by atoms with Crippen molar-refractivity contribution in [1.82, 2.24) is 0 Å². The summed E-state index contributed by atoms with van der Waals surface area (Å²) in [6.07, 6.45) is 1.61. The predicted octanol–water partition coefficient (Wildman–Crippen LogP) is 3.18. The minimum absolute atomic E-state index is 0.0343. The van der Waals surface area contributed by atoms with Gasteiger partial charge in [0.25, 0.3) is 0 Å². The second-order valence-corrected chi connectivity index (χ2v) is 5.02. The summed E-state index contributed by atoms with van der Waals surface area (Å²) in [5.74, 6) is -1.82. The van der Waals surface area contributed by atoms with Gasteiger partial charge in [-0.25, -0.2) is 8.78 Å². The lowest BCUT2D eigenvalue weighted by atomic mass is 10.1. The number of carbonyl (C=O) groups excluding carboxylic acids is 1. The lowest BCUT2D eigenvalue weighted by Gasteiger charge is -2.09. The second kappa shape index (κ2) is 6.80. The summed E-state index contributed by atoms with van der Waals surface area (Å²) in [7, 11) is 0. The molecular formula is C12H15BrF2N2O. The van der Waals surface area contributed by atoms with E-state index < -0.39 is 11.6 Å². The summed E-state index contributed by atoms with van der Waals surface area (Å²) in [6.45, 7) is 1.86. The molecule has 6 heteroatoms. The van der Waals surface area contributed by atoms with Crippen molar-refractivity contribution in [2.24, 2.45) is 5.73 Å². The first-order valence-electron chi connectivity index (χ1n) is 5.60. The van der Waals surface area contributed by atoms with Crippen LogP contribution in [0.1, 0.15) is 26.2 Å². The summed E-state index contributed by atoms with van der Waals surface area (Å²) < 4.78 is 26.4. The molecule has 0 aromatic heterocycles. The van der Waals surface area contributed by atoms with E-state index in [1.165, 1.54) is 0 Å². The molecule has 0 saturated carbocycles. The fraction of sp³-hybridized carbons (Fsp3) is 0.417. The third-order valence-electron chi connectivity index (χ3n) is 2.33. The Morgan fingerprint density at radius 1 is 1.50 bits per heavy atom. The first kappa shape index (κ1) is 15.0. The van der Waals surface area contributed by atoms with E-state index in [1.54, 1.807) is 0 Å². The molecule has 0 spiro atoms. The molecule has 0 fully saturated rings. The largest absolute Gasteiger partial charge is 0.328 e. The Labute approximate surface area is 113 Å². The first-order chi connectivity index (χ1) is 8.40. The Kier molecular flexibility index (Phi) is 5.68.